The fourth-order valence-corrected chi connectivity index (χ4v) is 3.42. The Kier molecular flexibility index (Phi) is 4.34. The van der Waals surface area contributed by atoms with Gasteiger partial charge < -0.3 is 4.42 Å². The quantitative estimate of drug-likeness (QED) is 0.788. The van der Waals surface area contributed by atoms with E-state index in [-0.39, 0.29) is 17.6 Å². The van der Waals surface area contributed by atoms with Crippen LogP contribution in [0.15, 0.2) is 52.0 Å². The van der Waals surface area contributed by atoms with Gasteiger partial charge in [0.25, 0.3) is 11.8 Å². The van der Waals surface area contributed by atoms with Crippen molar-refractivity contribution < 1.29 is 18.4 Å². The zero-order valence-corrected chi connectivity index (χ0v) is 13.2. The molecule has 0 saturated heterocycles. The molecule has 0 saturated carbocycles. The highest BCUT2D eigenvalue weighted by atomic mass is 32.2. The molecule has 1 aromatic carbocycles. The highest BCUT2D eigenvalue weighted by molar-refractivity contribution is 8.03. The highest BCUT2D eigenvalue weighted by Gasteiger charge is 2.38. The maximum Gasteiger partial charge on any atom is 0.267 e. The van der Waals surface area contributed by atoms with E-state index in [2.05, 4.69) is 0 Å². The second-order valence-corrected chi connectivity index (χ2v) is 5.92. The first-order chi connectivity index (χ1) is 11.1. The molecule has 1 aromatic heterocycles. The summed E-state index contributed by atoms with van der Waals surface area (Å²) >= 11 is 1.26. The predicted molar refractivity (Wildman–Crippen MR) is 85.7 cm³/mol. The molecule has 2 heterocycles. The number of rotatable bonds is 5. The number of carbonyl (C=O) groups excluding carboxylic acids is 2. The van der Waals surface area contributed by atoms with Gasteiger partial charge in [-0.25, -0.2) is 4.39 Å². The van der Waals surface area contributed by atoms with E-state index in [1.54, 1.807) is 19.3 Å². The van der Waals surface area contributed by atoms with Gasteiger partial charge in [0.1, 0.15) is 11.6 Å². The molecule has 0 aliphatic carbocycles. The topological polar surface area (TPSA) is 50.5 Å². The van der Waals surface area contributed by atoms with Crippen molar-refractivity contribution in [1.82, 2.24) is 4.90 Å². The lowest BCUT2D eigenvalue weighted by atomic mass is 10.1. The van der Waals surface area contributed by atoms with E-state index >= 15 is 0 Å². The third kappa shape index (κ3) is 2.94. The van der Waals surface area contributed by atoms with Gasteiger partial charge in [0, 0.05) is 6.54 Å². The number of furan rings is 1. The molecule has 1 aliphatic rings. The predicted octanol–water partition coefficient (Wildman–Crippen LogP) is 3.45. The Morgan fingerprint density at radius 2 is 1.87 bits per heavy atom. The van der Waals surface area contributed by atoms with Crippen LogP contribution in [0.2, 0.25) is 0 Å². The molecule has 6 heteroatoms. The van der Waals surface area contributed by atoms with E-state index in [9.17, 15) is 14.0 Å². The van der Waals surface area contributed by atoms with Crippen molar-refractivity contribution in [3.63, 3.8) is 0 Å². The minimum absolute atomic E-state index is 0.299. The van der Waals surface area contributed by atoms with Crippen LogP contribution in [-0.4, -0.2) is 23.3 Å². The first-order valence-electron chi connectivity index (χ1n) is 7.13. The van der Waals surface area contributed by atoms with Crippen molar-refractivity contribution in [2.24, 2.45) is 0 Å². The first-order valence-corrected chi connectivity index (χ1v) is 8.12. The number of benzene rings is 1. The summed E-state index contributed by atoms with van der Waals surface area (Å²) in [5.74, 6) is 0.128. The Hall–Kier alpha value is -2.34. The van der Waals surface area contributed by atoms with E-state index in [1.165, 1.54) is 40.9 Å². The summed E-state index contributed by atoms with van der Waals surface area (Å²) < 4.78 is 18.4. The molecule has 0 fully saturated rings. The van der Waals surface area contributed by atoms with E-state index in [0.717, 1.165) is 5.76 Å². The minimum Gasteiger partial charge on any atom is -0.468 e. The van der Waals surface area contributed by atoms with Crippen molar-refractivity contribution in [2.75, 3.05) is 6.54 Å². The van der Waals surface area contributed by atoms with Crippen molar-refractivity contribution in [3.8, 4) is 0 Å². The molecule has 4 nitrogen and oxygen atoms in total. The molecule has 3 rings (SSSR count). The maximum absolute atomic E-state index is 13.1. The Labute approximate surface area is 137 Å². The van der Waals surface area contributed by atoms with Gasteiger partial charge in [-0.05, 0) is 36.8 Å². The normalized spacial score (nSPS) is 15.0. The van der Waals surface area contributed by atoms with Crippen LogP contribution in [0.5, 0.6) is 0 Å². The molecule has 118 valence electrons. The lowest BCUT2D eigenvalue weighted by Crippen LogP contribution is -2.31. The van der Waals surface area contributed by atoms with E-state index in [1.807, 2.05) is 6.07 Å². The summed E-state index contributed by atoms with van der Waals surface area (Å²) in [5.41, 5.74) is 0.871. The van der Waals surface area contributed by atoms with Gasteiger partial charge in [0.15, 0.2) is 0 Å². The van der Waals surface area contributed by atoms with Crippen LogP contribution in [0.3, 0.4) is 0 Å². The maximum atomic E-state index is 13.1. The van der Waals surface area contributed by atoms with Crippen molar-refractivity contribution in [1.29, 1.82) is 0 Å². The average Bonchev–Trinajstić information content (AvgIpc) is 3.13. The molecule has 2 amide bonds. The number of hydrogen-bond acceptors (Lipinski definition) is 4. The van der Waals surface area contributed by atoms with Gasteiger partial charge >= 0.3 is 0 Å². The van der Waals surface area contributed by atoms with Gasteiger partial charge in [-0.1, -0.05) is 12.1 Å². The number of thioether (sulfide) groups is 1. The van der Waals surface area contributed by atoms with Crippen molar-refractivity contribution >= 4 is 29.1 Å². The second kappa shape index (κ2) is 6.42. The lowest BCUT2D eigenvalue weighted by molar-refractivity contribution is -0.136. The van der Waals surface area contributed by atoms with Crippen LogP contribution in [0.25, 0.3) is 5.57 Å². The number of halogens is 1. The summed E-state index contributed by atoms with van der Waals surface area (Å²) in [7, 11) is 0. The molecule has 0 unspecified atom stereocenters. The second-order valence-electron chi connectivity index (χ2n) is 4.93. The molecule has 1 aliphatic heterocycles. The van der Waals surface area contributed by atoms with Gasteiger partial charge in [0.2, 0.25) is 0 Å². The number of nitrogens with zero attached hydrogens (tertiary/aromatic N) is 1. The van der Waals surface area contributed by atoms with Crippen LogP contribution in [-0.2, 0) is 15.3 Å². The molecule has 0 spiro atoms. The zero-order valence-electron chi connectivity index (χ0n) is 12.4. The molecule has 0 radical (unpaired) electrons. The summed E-state index contributed by atoms with van der Waals surface area (Å²) in [6.45, 7) is 2.05. The molecule has 0 atom stereocenters. The lowest BCUT2D eigenvalue weighted by Gasteiger charge is -2.11. The van der Waals surface area contributed by atoms with Crippen LogP contribution in [0, 0.1) is 5.82 Å². The van der Waals surface area contributed by atoms with Crippen molar-refractivity contribution in [2.45, 2.75) is 12.7 Å². The number of carbonyl (C=O) groups is 2. The number of amides is 2. The Balaban J connectivity index is 1.97. The fourth-order valence-electron chi connectivity index (χ4n) is 2.38. The van der Waals surface area contributed by atoms with Crippen LogP contribution in [0.1, 0.15) is 18.2 Å². The standard InChI is InChI=1S/C17H14FNO3S/c1-2-19-16(20)14(11-5-7-12(18)8-6-11)15(17(19)21)23-10-13-4-3-9-22-13/h3-9H,2,10H2,1H3. The van der Waals surface area contributed by atoms with E-state index in [0.29, 0.717) is 28.3 Å². The molecular weight excluding hydrogens is 317 g/mol. The minimum atomic E-state index is -0.386. The van der Waals surface area contributed by atoms with Gasteiger partial charge in [0.05, 0.1) is 22.5 Å². The van der Waals surface area contributed by atoms with Gasteiger partial charge in [-0.3, -0.25) is 14.5 Å². The molecular formula is C17H14FNO3S. The smallest absolute Gasteiger partial charge is 0.267 e. The van der Waals surface area contributed by atoms with Crippen LogP contribution in [0.4, 0.5) is 4.39 Å². The Morgan fingerprint density at radius 1 is 1.13 bits per heavy atom. The summed E-state index contributed by atoms with van der Waals surface area (Å²) in [4.78, 5) is 26.6. The monoisotopic (exact) mass is 331 g/mol. The fraction of sp³-hybridized carbons (Fsp3) is 0.176. The SMILES string of the molecule is CCN1C(=O)C(SCc2ccco2)=C(c2ccc(F)cc2)C1=O. The largest absolute Gasteiger partial charge is 0.468 e. The highest BCUT2D eigenvalue weighted by Crippen LogP contribution is 2.37. The Bertz CT molecular complexity index is 766. The molecule has 2 aromatic rings. The third-order valence-electron chi connectivity index (χ3n) is 3.51. The van der Waals surface area contributed by atoms with E-state index < -0.39 is 0 Å². The summed E-state index contributed by atoms with van der Waals surface area (Å²) in [6, 6.07) is 9.17. The number of imide groups is 1. The van der Waals surface area contributed by atoms with Crippen LogP contribution < -0.4 is 0 Å². The molecule has 0 bridgehead atoms. The van der Waals surface area contributed by atoms with Crippen LogP contribution >= 0.6 is 11.8 Å². The van der Waals surface area contributed by atoms with Gasteiger partial charge in [-0.15, -0.1) is 11.8 Å². The molecule has 23 heavy (non-hydrogen) atoms. The average molecular weight is 331 g/mol. The number of likely N-dealkylation sites (N-methyl/N-ethyl adjacent to an activating group) is 1. The molecule has 0 N–H and O–H groups in total. The van der Waals surface area contributed by atoms with Crippen molar-refractivity contribution in [3.05, 3.63) is 64.7 Å². The Morgan fingerprint density at radius 3 is 2.48 bits per heavy atom. The van der Waals surface area contributed by atoms with Gasteiger partial charge in [-0.2, -0.15) is 0 Å². The number of hydrogen-bond donors (Lipinski definition) is 0. The van der Waals surface area contributed by atoms with E-state index in [4.69, 9.17) is 4.42 Å². The summed E-state index contributed by atoms with van der Waals surface area (Å²) in [5, 5.41) is 0. The summed E-state index contributed by atoms with van der Waals surface area (Å²) in [6.07, 6.45) is 1.56. The third-order valence-corrected chi connectivity index (χ3v) is 4.61. The first kappa shape index (κ1) is 15.6. The zero-order chi connectivity index (χ0) is 16.4.